The minimum absolute atomic E-state index is 0.174. The third kappa shape index (κ3) is 5.66. The zero-order chi connectivity index (χ0) is 12.5. The molecule has 0 spiro atoms. The van der Waals surface area contributed by atoms with E-state index in [1.807, 2.05) is 0 Å². The van der Waals surface area contributed by atoms with Crippen LogP contribution in [-0.4, -0.2) is 11.9 Å². The fourth-order valence-corrected chi connectivity index (χ4v) is 1.95. The molecule has 0 aromatic heterocycles. The Hall–Kier alpha value is -1.12. The predicted molar refractivity (Wildman–Crippen MR) is 66.3 cm³/mol. The lowest BCUT2D eigenvalue weighted by Crippen LogP contribution is -2.06. The molecular formula is C14H22O3. The zero-order valence-electron chi connectivity index (χ0n) is 10.6. The zero-order valence-corrected chi connectivity index (χ0v) is 10.6. The van der Waals surface area contributed by atoms with Gasteiger partial charge in [0.05, 0.1) is 12.3 Å². The quantitative estimate of drug-likeness (QED) is 0.282. The summed E-state index contributed by atoms with van der Waals surface area (Å²) in [6.45, 7) is 2.19. The van der Waals surface area contributed by atoms with Gasteiger partial charge in [-0.1, -0.05) is 38.3 Å². The van der Waals surface area contributed by atoms with Crippen LogP contribution in [-0.2, 0) is 14.3 Å². The standard InChI is InChI=1S/C14H22O3/c1-2-3-4-5-6-7-8-9-10-12-11-13(15)17-14(12)16/h5-6,12H,2-4,7-11H2,1H3/b6-5+. The lowest BCUT2D eigenvalue weighted by molar-refractivity contribution is -0.153. The van der Waals surface area contributed by atoms with Crippen molar-refractivity contribution in [2.24, 2.45) is 5.92 Å². The van der Waals surface area contributed by atoms with E-state index in [4.69, 9.17) is 0 Å². The Morgan fingerprint density at radius 2 is 1.88 bits per heavy atom. The highest BCUT2D eigenvalue weighted by Gasteiger charge is 2.32. The molecule has 1 aliphatic rings. The molecule has 1 fully saturated rings. The first-order chi connectivity index (χ1) is 8.24. The van der Waals surface area contributed by atoms with E-state index in [9.17, 15) is 9.59 Å². The Morgan fingerprint density at radius 3 is 2.47 bits per heavy atom. The van der Waals surface area contributed by atoms with Gasteiger partial charge in [0.15, 0.2) is 0 Å². The summed E-state index contributed by atoms with van der Waals surface area (Å²) in [5.41, 5.74) is 0. The van der Waals surface area contributed by atoms with Crippen molar-refractivity contribution in [2.45, 2.75) is 58.3 Å². The van der Waals surface area contributed by atoms with Crippen molar-refractivity contribution in [1.29, 1.82) is 0 Å². The van der Waals surface area contributed by atoms with Crippen LogP contribution in [0.3, 0.4) is 0 Å². The number of cyclic esters (lactones) is 2. The molecule has 0 aromatic rings. The Bertz CT molecular complexity index is 281. The van der Waals surface area contributed by atoms with Crippen molar-refractivity contribution in [3.05, 3.63) is 12.2 Å². The highest BCUT2D eigenvalue weighted by molar-refractivity contribution is 5.94. The number of carbonyl (C=O) groups is 2. The first-order valence-corrected chi connectivity index (χ1v) is 6.63. The van der Waals surface area contributed by atoms with Gasteiger partial charge in [0.1, 0.15) is 0 Å². The van der Waals surface area contributed by atoms with Gasteiger partial charge in [-0.3, -0.25) is 9.59 Å². The molecule has 0 aromatic carbocycles. The number of rotatable bonds is 8. The van der Waals surface area contributed by atoms with Crippen molar-refractivity contribution in [2.75, 3.05) is 0 Å². The second-order valence-corrected chi connectivity index (χ2v) is 4.59. The van der Waals surface area contributed by atoms with E-state index in [1.165, 1.54) is 19.3 Å². The number of ether oxygens (including phenoxy) is 1. The van der Waals surface area contributed by atoms with E-state index in [2.05, 4.69) is 23.8 Å². The monoisotopic (exact) mass is 238 g/mol. The van der Waals surface area contributed by atoms with Crippen molar-refractivity contribution < 1.29 is 14.3 Å². The summed E-state index contributed by atoms with van der Waals surface area (Å²) in [5, 5.41) is 0. The van der Waals surface area contributed by atoms with Gasteiger partial charge in [0, 0.05) is 0 Å². The summed E-state index contributed by atoms with van der Waals surface area (Å²) in [5.74, 6) is -0.862. The molecule has 17 heavy (non-hydrogen) atoms. The van der Waals surface area contributed by atoms with Crippen LogP contribution in [0.4, 0.5) is 0 Å². The van der Waals surface area contributed by atoms with Crippen LogP contribution >= 0.6 is 0 Å². The lowest BCUT2D eigenvalue weighted by atomic mass is 10.00. The highest BCUT2D eigenvalue weighted by atomic mass is 16.6. The van der Waals surface area contributed by atoms with Gasteiger partial charge in [0.2, 0.25) is 0 Å². The van der Waals surface area contributed by atoms with Crippen LogP contribution in [0, 0.1) is 5.92 Å². The smallest absolute Gasteiger partial charge is 0.317 e. The maximum atomic E-state index is 11.2. The van der Waals surface area contributed by atoms with Gasteiger partial charge in [-0.05, 0) is 25.7 Å². The molecule has 1 rings (SSSR count). The minimum atomic E-state index is -0.362. The number of hydrogen-bond acceptors (Lipinski definition) is 3. The molecule has 0 bridgehead atoms. The number of esters is 2. The first kappa shape index (κ1) is 13.9. The van der Waals surface area contributed by atoms with E-state index < -0.39 is 0 Å². The molecule has 1 heterocycles. The van der Waals surface area contributed by atoms with Gasteiger partial charge < -0.3 is 4.74 Å². The molecule has 0 N–H and O–H groups in total. The summed E-state index contributed by atoms with van der Waals surface area (Å²) >= 11 is 0. The maximum Gasteiger partial charge on any atom is 0.317 e. The average Bonchev–Trinajstić information content (AvgIpc) is 2.61. The molecule has 1 unspecified atom stereocenters. The van der Waals surface area contributed by atoms with E-state index in [0.717, 1.165) is 25.7 Å². The van der Waals surface area contributed by atoms with Gasteiger partial charge >= 0.3 is 11.9 Å². The van der Waals surface area contributed by atoms with Crippen molar-refractivity contribution >= 4 is 11.9 Å². The topological polar surface area (TPSA) is 43.4 Å². The Balaban J connectivity index is 1.99. The number of allylic oxidation sites excluding steroid dienone is 2. The summed E-state index contributed by atoms with van der Waals surface area (Å²) in [6, 6.07) is 0. The van der Waals surface area contributed by atoms with Crippen LogP contribution in [0.1, 0.15) is 58.3 Å². The number of unbranched alkanes of at least 4 members (excludes halogenated alkanes) is 4. The van der Waals surface area contributed by atoms with E-state index in [1.54, 1.807) is 0 Å². The minimum Gasteiger partial charge on any atom is -0.393 e. The lowest BCUT2D eigenvalue weighted by Gasteiger charge is -2.02. The Labute approximate surface area is 103 Å². The SMILES string of the molecule is CCCC/C=C/CCCCC1CC(=O)OC1=O. The average molecular weight is 238 g/mol. The molecule has 1 saturated heterocycles. The fourth-order valence-electron chi connectivity index (χ4n) is 1.95. The second kappa shape index (κ2) is 8.04. The summed E-state index contributed by atoms with van der Waals surface area (Å²) < 4.78 is 4.50. The van der Waals surface area contributed by atoms with Crippen molar-refractivity contribution in [3.63, 3.8) is 0 Å². The van der Waals surface area contributed by atoms with Crippen LogP contribution in [0.25, 0.3) is 0 Å². The van der Waals surface area contributed by atoms with Gasteiger partial charge in [-0.15, -0.1) is 0 Å². The molecule has 0 aliphatic carbocycles. The van der Waals surface area contributed by atoms with Crippen LogP contribution < -0.4 is 0 Å². The van der Waals surface area contributed by atoms with E-state index in [-0.39, 0.29) is 24.3 Å². The largest absolute Gasteiger partial charge is 0.393 e. The molecule has 96 valence electrons. The Kier molecular flexibility index (Phi) is 6.60. The van der Waals surface area contributed by atoms with Crippen LogP contribution in [0.15, 0.2) is 12.2 Å². The highest BCUT2D eigenvalue weighted by Crippen LogP contribution is 2.22. The van der Waals surface area contributed by atoms with E-state index >= 15 is 0 Å². The summed E-state index contributed by atoms with van der Waals surface area (Å²) in [6.07, 6.45) is 12.3. The number of hydrogen-bond donors (Lipinski definition) is 0. The van der Waals surface area contributed by atoms with Crippen molar-refractivity contribution in [1.82, 2.24) is 0 Å². The molecule has 0 amide bonds. The van der Waals surface area contributed by atoms with Gasteiger partial charge in [-0.2, -0.15) is 0 Å². The van der Waals surface area contributed by atoms with E-state index in [0.29, 0.717) is 0 Å². The molecule has 3 nitrogen and oxygen atoms in total. The molecule has 3 heteroatoms. The molecule has 1 aliphatic heterocycles. The molecule has 1 atom stereocenters. The molecule has 0 radical (unpaired) electrons. The normalized spacial score (nSPS) is 20.2. The third-order valence-electron chi connectivity index (χ3n) is 3.03. The predicted octanol–water partition coefficient (Wildman–Crippen LogP) is 3.38. The second-order valence-electron chi connectivity index (χ2n) is 4.59. The number of carbonyl (C=O) groups excluding carboxylic acids is 2. The maximum absolute atomic E-state index is 11.2. The third-order valence-corrected chi connectivity index (χ3v) is 3.03. The van der Waals surface area contributed by atoms with Gasteiger partial charge in [-0.25, -0.2) is 0 Å². The van der Waals surface area contributed by atoms with Crippen LogP contribution in [0.5, 0.6) is 0 Å². The summed E-state index contributed by atoms with van der Waals surface area (Å²) in [7, 11) is 0. The fraction of sp³-hybridized carbons (Fsp3) is 0.714. The Morgan fingerprint density at radius 1 is 1.18 bits per heavy atom. The first-order valence-electron chi connectivity index (χ1n) is 6.63. The summed E-state index contributed by atoms with van der Waals surface area (Å²) in [4.78, 5) is 22.0. The molecule has 0 saturated carbocycles. The van der Waals surface area contributed by atoms with Crippen molar-refractivity contribution in [3.8, 4) is 0 Å². The van der Waals surface area contributed by atoms with Crippen LogP contribution in [0.2, 0.25) is 0 Å². The molecular weight excluding hydrogens is 216 g/mol. The van der Waals surface area contributed by atoms with Gasteiger partial charge in [0.25, 0.3) is 0 Å².